The van der Waals surface area contributed by atoms with Gasteiger partial charge in [-0.25, -0.2) is 9.78 Å². The van der Waals surface area contributed by atoms with Gasteiger partial charge in [-0.3, -0.25) is 19.1 Å². The molecule has 1 fully saturated rings. The van der Waals surface area contributed by atoms with Gasteiger partial charge in [-0.15, -0.1) is 0 Å². The molecule has 0 aliphatic carbocycles. The molecule has 0 spiro atoms. The molecule has 154 valence electrons. The number of imide groups is 1. The molecule has 9 heteroatoms. The maximum Gasteiger partial charge on any atom is 0.324 e. The summed E-state index contributed by atoms with van der Waals surface area (Å²) >= 11 is 7.44. The SMILES string of the molecule is Cc1c(Cl)cccc1-n1c(SC(C)C(=O)N2CCNC2=O)nc2ccccc2c1=O. The van der Waals surface area contributed by atoms with Gasteiger partial charge >= 0.3 is 6.03 Å². The third kappa shape index (κ3) is 3.57. The molecule has 0 bridgehead atoms. The van der Waals surface area contributed by atoms with Gasteiger partial charge in [0, 0.05) is 18.1 Å². The number of hydrogen-bond donors (Lipinski definition) is 1. The van der Waals surface area contributed by atoms with E-state index < -0.39 is 11.3 Å². The average molecular weight is 443 g/mol. The lowest BCUT2D eigenvalue weighted by Gasteiger charge is -2.20. The zero-order valence-corrected chi connectivity index (χ0v) is 18.0. The molecule has 1 unspecified atom stereocenters. The van der Waals surface area contributed by atoms with Crippen LogP contribution in [0, 0.1) is 6.92 Å². The van der Waals surface area contributed by atoms with Gasteiger partial charge in [0.2, 0.25) is 5.91 Å². The van der Waals surface area contributed by atoms with Gasteiger partial charge in [-0.05, 0) is 43.7 Å². The third-order valence-corrected chi connectivity index (χ3v) is 6.43. The molecular formula is C21H19ClN4O3S. The number of rotatable bonds is 4. The molecule has 1 atom stereocenters. The Morgan fingerprint density at radius 1 is 1.20 bits per heavy atom. The molecule has 0 radical (unpaired) electrons. The highest BCUT2D eigenvalue weighted by Gasteiger charge is 2.31. The second kappa shape index (κ2) is 8.12. The molecule has 2 heterocycles. The van der Waals surface area contributed by atoms with E-state index in [1.54, 1.807) is 49.4 Å². The molecule has 1 saturated heterocycles. The number of carbonyl (C=O) groups excluding carboxylic acids is 2. The summed E-state index contributed by atoms with van der Waals surface area (Å²) in [6.45, 7) is 4.29. The van der Waals surface area contributed by atoms with E-state index in [9.17, 15) is 14.4 Å². The van der Waals surface area contributed by atoms with Crippen molar-refractivity contribution < 1.29 is 9.59 Å². The monoisotopic (exact) mass is 442 g/mol. The maximum absolute atomic E-state index is 13.4. The molecular weight excluding hydrogens is 424 g/mol. The zero-order chi connectivity index (χ0) is 21.4. The predicted octanol–water partition coefficient (Wildman–Crippen LogP) is 3.38. The number of nitrogens with one attached hydrogen (secondary N) is 1. The van der Waals surface area contributed by atoms with Crippen molar-refractivity contribution in [1.29, 1.82) is 0 Å². The average Bonchev–Trinajstić information content (AvgIpc) is 3.16. The number of nitrogens with zero attached hydrogens (tertiary/aromatic N) is 3. The number of carbonyl (C=O) groups is 2. The summed E-state index contributed by atoms with van der Waals surface area (Å²) in [4.78, 5) is 43.9. The zero-order valence-electron chi connectivity index (χ0n) is 16.4. The lowest BCUT2D eigenvalue weighted by Crippen LogP contribution is -2.39. The first kappa shape index (κ1) is 20.4. The summed E-state index contributed by atoms with van der Waals surface area (Å²) < 4.78 is 1.49. The van der Waals surface area contributed by atoms with Crippen LogP contribution in [0.25, 0.3) is 16.6 Å². The Morgan fingerprint density at radius 3 is 2.70 bits per heavy atom. The highest BCUT2D eigenvalue weighted by molar-refractivity contribution is 8.00. The summed E-state index contributed by atoms with van der Waals surface area (Å²) in [7, 11) is 0. The van der Waals surface area contributed by atoms with Gasteiger partial charge in [-0.1, -0.05) is 41.6 Å². The molecule has 3 aromatic rings. The van der Waals surface area contributed by atoms with Gasteiger partial charge < -0.3 is 5.32 Å². The summed E-state index contributed by atoms with van der Waals surface area (Å²) in [5, 5.41) is 3.37. The first-order valence-corrected chi connectivity index (χ1v) is 10.7. The Bertz CT molecular complexity index is 1230. The number of halogens is 1. The molecule has 2 aromatic carbocycles. The molecule has 3 amide bonds. The van der Waals surface area contributed by atoms with Crippen molar-refractivity contribution in [3.8, 4) is 5.69 Å². The van der Waals surface area contributed by atoms with E-state index in [-0.39, 0.29) is 11.5 Å². The van der Waals surface area contributed by atoms with E-state index in [1.807, 2.05) is 6.92 Å². The van der Waals surface area contributed by atoms with Crippen LogP contribution in [0.4, 0.5) is 4.79 Å². The second-order valence-electron chi connectivity index (χ2n) is 6.92. The Hall–Kier alpha value is -2.84. The minimum absolute atomic E-state index is 0.243. The van der Waals surface area contributed by atoms with E-state index in [0.717, 1.165) is 17.3 Å². The van der Waals surface area contributed by atoms with Crippen LogP contribution in [0.5, 0.6) is 0 Å². The number of thioether (sulfide) groups is 1. The minimum Gasteiger partial charge on any atom is -0.336 e. The van der Waals surface area contributed by atoms with Gasteiger partial charge in [-0.2, -0.15) is 0 Å². The molecule has 0 saturated carbocycles. The van der Waals surface area contributed by atoms with Gasteiger partial charge in [0.05, 0.1) is 21.8 Å². The van der Waals surface area contributed by atoms with E-state index >= 15 is 0 Å². The Balaban J connectivity index is 1.84. The van der Waals surface area contributed by atoms with Crippen molar-refractivity contribution in [1.82, 2.24) is 19.8 Å². The van der Waals surface area contributed by atoms with Crippen LogP contribution < -0.4 is 10.9 Å². The quantitative estimate of drug-likeness (QED) is 0.494. The van der Waals surface area contributed by atoms with Crippen LogP contribution in [0.2, 0.25) is 5.02 Å². The van der Waals surface area contributed by atoms with E-state index in [0.29, 0.717) is 39.9 Å². The lowest BCUT2D eigenvalue weighted by atomic mass is 10.2. The summed E-state index contributed by atoms with van der Waals surface area (Å²) in [5.41, 5.74) is 1.64. The number of fused-ring (bicyclic) bond motifs is 1. The van der Waals surface area contributed by atoms with Crippen LogP contribution in [0.15, 0.2) is 52.4 Å². The summed E-state index contributed by atoms with van der Waals surface area (Å²) in [6.07, 6.45) is 0. The first-order chi connectivity index (χ1) is 14.4. The van der Waals surface area contributed by atoms with Crippen LogP contribution in [0.3, 0.4) is 0 Å². The van der Waals surface area contributed by atoms with Crippen molar-refractivity contribution in [2.24, 2.45) is 0 Å². The number of urea groups is 1. The fraction of sp³-hybridized carbons (Fsp3) is 0.238. The summed E-state index contributed by atoms with van der Waals surface area (Å²) in [5.74, 6) is -0.327. The van der Waals surface area contributed by atoms with Crippen LogP contribution in [-0.4, -0.2) is 44.7 Å². The van der Waals surface area contributed by atoms with E-state index in [2.05, 4.69) is 10.3 Å². The van der Waals surface area contributed by atoms with Gasteiger partial charge in [0.15, 0.2) is 5.16 Å². The molecule has 30 heavy (non-hydrogen) atoms. The molecule has 1 aliphatic heterocycles. The molecule has 1 aliphatic rings. The second-order valence-corrected chi connectivity index (χ2v) is 8.63. The highest BCUT2D eigenvalue weighted by atomic mass is 35.5. The predicted molar refractivity (Wildman–Crippen MR) is 118 cm³/mol. The fourth-order valence-corrected chi connectivity index (χ4v) is 4.50. The van der Waals surface area contributed by atoms with Crippen LogP contribution in [-0.2, 0) is 4.79 Å². The van der Waals surface area contributed by atoms with Gasteiger partial charge in [0.1, 0.15) is 0 Å². The van der Waals surface area contributed by atoms with Crippen LogP contribution in [0.1, 0.15) is 12.5 Å². The number of benzene rings is 2. The molecule has 1 N–H and O–H groups in total. The lowest BCUT2D eigenvalue weighted by molar-refractivity contribution is -0.126. The largest absolute Gasteiger partial charge is 0.336 e. The fourth-order valence-electron chi connectivity index (χ4n) is 3.35. The van der Waals surface area contributed by atoms with Crippen molar-refractivity contribution in [2.75, 3.05) is 13.1 Å². The van der Waals surface area contributed by atoms with E-state index in [1.165, 1.54) is 9.47 Å². The number of para-hydroxylation sites is 1. The summed E-state index contributed by atoms with van der Waals surface area (Å²) in [6, 6.07) is 12.0. The smallest absolute Gasteiger partial charge is 0.324 e. The number of amides is 3. The maximum atomic E-state index is 13.4. The molecule has 7 nitrogen and oxygen atoms in total. The topological polar surface area (TPSA) is 84.3 Å². The van der Waals surface area contributed by atoms with Crippen molar-refractivity contribution in [3.05, 3.63) is 63.4 Å². The highest BCUT2D eigenvalue weighted by Crippen LogP contribution is 2.29. The number of aromatic nitrogens is 2. The van der Waals surface area contributed by atoms with E-state index in [4.69, 9.17) is 11.6 Å². The Labute approximate surface area is 182 Å². The Kier molecular flexibility index (Phi) is 5.53. The third-order valence-electron chi connectivity index (χ3n) is 4.98. The molecule has 1 aromatic heterocycles. The number of hydrogen-bond acceptors (Lipinski definition) is 5. The normalized spacial score (nSPS) is 14.8. The van der Waals surface area contributed by atoms with Crippen molar-refractivity contribution in [3.63, 3.8) is 0 Å². The standard InChI is InChI=1S/C21H19ClN4O3S/c1-12-15(22)7-5-9-17(12)26-19(28)14-6-3-4-8-16(14)24-21(26)30-13(2)18(27)25-11-10-23-20(25)29/h3-9,13H,10-11H2,1-2H3,(H,23,29). The van der Waals surface area contributed by atoms with Gasteiger partial charge in [0.25, 0.3) is 5.56 Å². The van der Waals surface area contributed by atoms with Crippen LogP contribution >= 0.6 is 23.4 Å². The molecule has 4 rings (SSSR count). The Morgan fingerprint density at radius 2 is 1.97 bits per heavy atom. The van der Waals surface area contributed by atoms with Crippen molar-refractivity contribution >= 4 is 46.2 Å². The van der Waals surface area contributed by atoms with Crippen molar-refractivity contribution in [2.45, 2.75) is 24.3 Å². The minimum atomic E-state index is -0.618. The first-order valence-electron chi connectivity index (χ1n) is 9.41.